The molecule has 7 heteroatoms. The summed E-state index contributed by atoms with van der Waals surface area (Å²) in [5, 5.41) is 2.90. The van der Waals surface area contributed by atoms with Gasteiger partial charge in [0.1, 0.15) is 12.1 Å². The van der Waals surface area contributed by atoms with Gasteiger partial charge in [-0.15, -0.1) is 0 Å². The van der Waals surface area contributed by atoms with Crippen molar-refractivity contribution in [2.24, 2.45) is 0 Å². The molecule has 1 N–H and O–H groups in total. The largest absolute Gasteiger partial charge is 0.493 e. The molecule has 0 saturated heterocycles. The standard InChI is InChI=1S/C19H20N4O3/c1-25-16-5-3-14(9-17(16)26-2)10-19(24)22-12-15-4-6-18(21-11-15)23-8-7-20-13-23/h3-9,11,13H,10,12H2,1-2H3,(H,22,24). The van der Waals surface area contributed by atoms with Gasteiger partial charge in [0, 0.05) is 25.1 Å². The fourth-order valence-electron chi connectivity index (χ4n) is 2.51. The molecular formula is C19H20N4O3. The van der Waals surface area contributed by atoms with Crippen molar-refractivity contribution < 1.29 is 14.3 Å². The number of carbonyl (C=O) groups is 1. The van der Waals surface area contributed by atoms with Gasteiger partial charge in [0.15, 0.2) is 11.5 Å². The molecule has 1 aromatic carbocycles. The summed E-state index contributed by atoms with van der Waals surface area (Å²) in [4.78, 5) is 20.5. The zero-order valence-corrected chi connectivity index (χ0v) is 14.7. The third kappa shape index (κ3) is 4.18. The monoisotopic (exact) mass is 352 g/mol. The minimum Gasteiger partial charge on any atom is -0.493 e. The van der Waals surface area contributed by atoms with Gasteiger partial charge >= 0.3 is 0 Å². The number of hydrogen-bond acceptors (Lipinski definition) is 5. The third-order valence-electron chi connectivity index (χ3n) is 3.88. The molecule has 0 aliphatic heterocycles. The second-order valence-corrected chi connectivity index (χ2v) is 5.64. The smallest absolute Gasteiger partial charge is 0.224 e. The number of amides is 1. The number of carbonyl (C=O) groups excluding carboxylic acids is 1. The van der Waals surface area contributed by atoms with Crippen LogP contribution in [0.4, 0.5) is 0 Å². The van der Waals surface area contributed by atoms with Gasteiger partial charge in [-0.25, -0.2) is 9.97 Å². The molecule has 0 spiro atoms. The maximum Gasteiger partial charge on any atom is 0.224 e. The number of benzene rings is 1. The lowest BCUT2D eigenvalue weighted by Gasteiger charge is -2.10. The van der Waals surface area contributed by atoms with Crippen LogP contribution < -0.4 is 14.8 Å². The number of nitrogens with one attached hydrogen (secondary N) is 1. The van der Waals surface area contributed by atoms with Crippen LogP contribution in [0.2, 0.25) is 0 Å². The SMILES string of the molecule is COc1ccc(CC(=O)NCc2ccc(-n3ccnc3)nc2)cc1OC. The van der Waals surface area contributed by atoms with Gasteiger partial charge in [0.05, 0.1) is 20.6 Å². The number of nitrogens with zero attached hydrogens (tertiary/aromatic N) is 3. The van der Waals surface area contributed by atoms with E-state index in [9.17, 15) is 4.79 Å². The highest BCUT2D eigenvalue weighted by Gasteiger charge is 2.08. The van der Waals surface area contributed by atoms with Crippen molar-refractivity contribution in [2.75, 3.05) is 14.2 Å². The van der Waals surface area contributed by atoms with Crippen molar-refractivity contribution in [1.82, 2.24) is 19.9 Å². The highest BCUT2D eigenvalue weighted by molar-refractivity contribution is 5.78. The van der Waals surface area contributed by atoms with Crippen LogP contribution >= 0.6 is 0 Å². The Balaban J connectivity index is 1.55. The van der Waals surface area contributed by atoms with Gasteiger partial charge in [0.25, 0.3) is 0 Å². The number of methoxy groups -OCH3 is 2. The Hall–Kier alpha value is -3.35. The van der Waals surface area contributed by atoms with E-state index in [0.29, 0.717) is 18.0 Å². The van der Waals surface area contributed by atoms with Crippen LogP contribution in [-0.2, 0) is 17.8 Å². The zero-order chi connectivity index (χ0) is 18.4. The Morgan fingerprint density at radius 2 is 1.92 bits per heavy atom. The molecule has 134 valence electrons. The molecule has 7 nitrogen and oxygen atoms in total. The lowest BCUT2D eigenvalue weighted by Crippen LogP contribution is -2.24. The lowest BCUT2D eigenvalue weighted by atomic mass is 10.1. The molecule has 26 heavy (non-hydrogen) atoms. The van der Waals surface area contributed by atoms with Crippen LogP contribution in [-0.4, -0.2) is 34.7 Å². The van der Waals surface area contributed by atoms with Gasteiger partial charge in [0.2, 0.25) is 5.91 Å². The van der Waals surface area contributed by atoms with E-state index in [1.807, 2.05) is 29.0 Å². The van der Waals surface area contributed by atoms with Crippen molar-refractivity contribution in [3.63, 3.8) is 0 Å². The first kappa shape index (κ1) is 17.5. The first-order valence-electron chi connectivity index (χ1n) is 8.10. The fraction of sp³-hybridized carbons (Fsp3) is 0.211. The van der Waals surface area contributed by atoms with Gasteiger partial charge in [-0.3, -0.25) is 9.36 Å². The minimum absolute atomic E-state index is 0.0732. The summed E-state index contributed by atoms with van der Waals surface area (Å²) in [5.41, 5.74) is 1.78. The van der Waals surface area contributed by atoms with Crippen LogP contribution in [0.1, 0.15) is 11.1 Å². The average molecular weight is 352 g/mol. The highest BCUT2D eigenvalue weighted by atomic mass is 16.5. The Labute approximate surface area is 151 Å². The normalized spacial score (nSPS) is 10.4. The summed E-state index contributed by atoms with van der Waals surface area (Å²) in [7, 11) is 3.15. The van der Waals surface area contributed by atoms with E-state index < -0.39 is 0 Å². The number of hydrogen-bond donors (Lipinski definition) is 1. The molecule has 0 saturated carbocycles. The summed E-state index contributed by atoms with van der Waals surface area (Å²) in [6.45, 7) is 0.420. The van der Waals surface area contributed by atoms with Gasteiger partial charge < -0.3 is 14.8 Å². The molecule has 2 heterocycles. The molecule has 0 unspecified atom stereocenters. The van der Waals surface area contributed by atoms with Crippen LogP contribution in [0.25, 0.3) is 5.82 Å². The third-order valence-corrected chi connectivity index (χ3v) is 3.88. The minimum atomic E-state index is -0.0732. The lowest BCUT2D eigenvalue weighted by molar-refractivity contribution is -0.120. The van der Waals surface area contributed by atoms with E-state index in [1.165, 1.54) is 0 Å². The van der Waals surface area contributed by atoms with Crippen LogP contribution in [0.15, 0.2) is 55.2 Å². The second kappa shape index (κ2) is 8.15. The Morgan fingerprint density at radius 3 is 2.58 bits per heavy atom. The predicted octanol–water partition coefficient (Wildman–Crippen LogP) is 2.14. The highest BCUT2D eigenvalue weighted by Crippen LogP contribution is 2.27. The summed E-state index contributed by atoms with van der Waals surface area (Å²) in [5.74, 6) is 1.96. The van der Waals surface area contributed by atoms with Crippen LogP contribution in [0, 0.1) is 0 Å². The molecule has 3 aromatic rings. The van der Waals surface area contributed by atoms with E-state index in [4.69, 9.17) is 9.47 Å². The molecular weight excluding hydrogens is 332 g/mol. The Morgan fingerprint density at radius 1 is 1.12 bits per heavy atom. The maximum atomic E-state index is 12.2. The van der Waals surface area contributed by atoms with Gasteiger partial charge in [-0.1, -0.05) is 12.1 Å². The molecule has 3 rings (SSSR count). The first-order valence-corrected chi connectivity index (χ1v) is 8.10. The summed E-state index contributed by atoms with van der Waals surface area (Å²) in [6, 6.07) is 9.26. The predicted molar refractivity (Wildman–Crippen MR) is 96.5 cm³/mol. The topological polar surface area (TPSA) is 78.3 Å². The number of rotatable bonds is 7. The van der Waals surface area contributed by atoms with E-state index in [-0.39, 0.29) is 12.3 Å². The summed E-state index contributed by atoms with van der Waals surface area (Å²) >= 11 is 0. The number of ether oxygens (including phenoxy) is 2. The van der Waals surface area contributed by atoms with Crippen molar-refractivity contribution >= 4 is 5.91 Å². The maximum absolute atomic E-state index is 12.2. The number of aromatic nitrogens is 3. The van der Waals surface area contributed by atoms with Crippen molar-refractivity contribution in [3.8, 4) is 17.3 Å². The quantitative estimate of drug-likeness (QED) is 0.705. The van der Waals surface area contributed by atoms with E-state index in [2.05, 4.69) is 15.3 Å². The summed E-state index contributed by atoms with van der Waals surface area (Å²) < 4.78 is 12.3. The van der Waals surface area contributed by atoms with Crippen LogP contribution in [0.3, 0.4) is 0 Å². The van der Waals surface area contributed by atoms with E-state index in [0.717, 1.165) is 16.9 Å². The van der Waals surface area contributed by atoms with Gasteiger partial charge in [-0.05, 0) is 29.3 Å². The van der Waals surface area contributed by atoms with E-state index >= 15 is 0 Å². The number of imidazole rings is 1. The molecule has 0 aliphatic carbocycles. The van der Waals surface area contributed by atoms with Crippen molar-refractivity contribution in [1.29, 1.82) is 0 Å². The van der Waals surface area contributed by atoms with E-state index in [1.54, 1.807) is 45.1 Å². The van der Waals surface area contributed by atoms with Crippen molar-refractivity contribution in [2.45, 2.75) is 13.0 Å². The molecule has 0 atom stereocenters. The Kier molecular flexibility index (Phi) is 5.48. The molecule has 0 bridgehead atoms. The van der Waals surface area contributed by atoms with Crippen LogP contribution in [0.5, 0.6) is 11.5 Å². The first-order chi connectivity index (χ1) is 12.7. The van der Waals surface area contributed by atoms with Gasteiger partial charge in [-0.2, -0.15) is 0 Å². The Bertz CT molecular complexity index is 861. The molecule has 2 aromatic heterocycles. The molecule has 0 radical (unpaired) electrons. The molecule has 0 aliphatic rings. The molecule has 1 amide bonds. The second-order valence-electron chi connectivity index (χ2n) is 5.64. The summed E-state index contributed by atoms with van der Waals surface area (Å²) in [6.07, 6.45) is 7.22. The average Bonchev–Trinajstić information content (AvgIpc) is 3.21. The zero-order valence-electron chi connectivity index (χ0n) is 14.7. The fourth-order valence-corrected chi connectivity index (χ4v) is 2.51. The van der Waals surface area contributed by atoms with Crippen molar-refractivity contribution in [3.05, 3.63) is 66.4 Å². The molecule has 0 fully saturated rings. The number of pyridine rings is 1.